The molecule has 0 aliphatic heterocycles. The van der Waals surface area contributed by atoms with Gasteiger partial charge in [-0.15, -0.1) is 0 Å². The summed E-state index contributed by atoms with van der Waals surface area (Å²) in [6, 6.07) is -0.173. The van der Waals surface area contributed by atoms with E-state index in [1.807, 2.05) is 0 Å². The largest absolute Gasteiger partial charge is 0.337 e. The lowest BCUT2D eigenvalue weighted by atomic mass is 9.91. The molecular formula is C11H15F2N3O2. The molecule has 100 valence electrons. The second-order valence-corrected chi connectivity index (χ2v) is 4.70. The van der Waals surface area contributed by atoms with Crippen molar-refractivity contribution in [2.24, 2.45) is 0 Å². The molecule has 1 aromatic rings. The molecule has 0 unspecified atom stereocenters. The molecule has 0 bridgehead atoms. The van der Waals surface area contributed by atoms with Gasteiger partial charge in [-0.25, -0.2) is 13.4 Å². The number of halogens is 2. The molecule has 5 nitrogen and oxygen atoms in total. The number of amides is 1. The van der Waals surface area contributed by atoms with Crippen molar-refractivity contribution in [3.05, 3.63) is 11.4 Å². The number of carbonyl (C=O) groups is 1. The van der Waals surface area contributed by atoms with Crippen LogP contribution in [0.5, 0.6) is 0 Å². The van der Waals surface area contributed by atoms with Crippen molar-refractivity contribution in [2.45, 2.75) is 44.6 Å². The minimum Gasteiger partial charge on any atom is -0.337 e. The molecule has 1 heterocycles. The molecule has 0 radical (unpaired) electrons. The van der Waals surface area contributed by atoms with Crippen molar-refractivity contribution in [1.82, 2.24) is 15.2 Å². The van der Waals surface area contributed by atoms with E-state index in [1.54, 1.807) is 14.0 Å². The molecule has 7 heteroatoms. The molecule has 18 heavy (non-hydrogen) atoms. The second-order valence-electron chi connectivity index (χ2n) is 4.70. The summed E-state index contributed by atoms with van der Waals surface area (Å²) in [6.45, 7) is 1.62. The summed E-state index contributed by atoms with van der Waals surface area (Å²) >= 11 is 0. The number of rotatable bonds is 2. The third-order valence-corrected chi connectivity index (χ3v) is 3.41. The van der Waals surface area contributed by atoms with Crippen LogP contribution < -0.4 is 0 Å². The van der Waals surface area contributed by atoms with Crippen LogP contribution in [0.15, 0.2) is 4.63 Å². The van der Waals surface area contributed by atoms with E-state index in [9.17, 15) is 13.6 Å². The van der Waals surface area contributed by atoms with Crippen LogP contribution in [0.2, 0.25) is 0 Å². The summed E-state index contributed by atoms with van der Waals surface area (Å²) in [5, 5.41) is 7.07. The molecule has 0 N–H and O–H groups in total. The minimum absolute atomic E-state index is 0.148. The molecule has 0 spiro atoms. The fourth-order valence-electron chi connectivity index (χ4n) is 2.17. The van der Waals surface area contributed by atoms with Crippen LogP contribution in [0, 0.1) is 6.92 Å². The zero-order chi connectivity index (χ0) is 13.3. The van der Waals surface area contributed by atoms with Crippen molar-refractivity contribution < 1.29 is 18.2 Å². The van der Waals surface area contributed by atoms with E-state index < -0.39 is 5.92 Å². The summed E-state index contributed by atoms with van der Waals surface area (Å²) in [7, 11) is 1.60. The number of aryl methyl sites for hydroxylation is 1. The van der Waals surface area contributed by atoms with E-state index in [2.05, 4.69) is 14.9 Å². The van der Waals surface area contributed by atoms with E-state index >= 15 is 0 Å². The highest BCUT2D eigenvalue weighted by Crippen LogP contribution is 2.35. The average molecular weight is 259 g/mol. The Hall–Kier alpha value is -1.53. The zero-order valence-electron chi connectivity index (χ0n) is 10.3. The van der Waals surface area contributed by atoms with Gasteiger partial charge in [0.15, 0.2) is 5.69 Å². The SMILES string of the molecule is Cc1nonc1C(=O)N(C)C1CCC(F)(F)CC1. The van der Waals surface area contributed by atoms with Gasteiger partial charge in [0.25, 0.3) is 5.91 Å². The predicted molar refractivity (Wildman–Crippen MR) is 58.3 cm³/mol. The fourth-order valence-corrected chi connectivity index (χ4v) is 2.17. The maximum absolute atomic E-state index is 13.0. The van der Waals surface area contributed by atoms with Crippen molar-refractivity contribution in [3.8, 4) is 0 Å². The van der Waals surface area contributed by atoms with Gasteiger partial charge in [0, 0.05) is 25.9 Å². The highest BCUT2D eigenvalue weighted by atomic mass is 19.3. The summed E-state index contributed by atoms with van der Waals surface area (Å²) in [6.07, 6.45) is 0.260. The van der Waals surface area contributed by atoms with Gasteiger partial charge >= 0.3 is 0 Å². The van der Waals surface area contributed by atoms with Gasteiger partial charge < -0.3 is 4.90 Å². The van der Waals surface area contributed by atoms with Crippen LogP contribution in [-0.4, -0.2) is 40.1 Å². The van der Waals surface area contributed by atoms with Crippen molar-refractivity contribution >= 4 is 5.91 Å². The van der Waals surface area contributed by atoms with Gasteiger partial charge in [0.1, 0.15) is 5.69 Å². The smallest absolute Gasteiger partial charge is 0.278 e. The first-order valence-corrected chi connectivity index (χ1v) is 5.85. The van der Waals surface area contributed by atoms with Crippen LogP contribution in [0.1, 0.15) is 41.9 Å². The lowest BCUT2D eigenvalue weighted by molar-refractivity contribution is -0.0491. The Morgan fingerprint density at radius 3 is 2.50 bits per heavy atom. The molecule has 1 saturated carbocycles. The average Bonchev–Trinajstić information content (AvgIpc) is 2.73. The molecule has 0 saturated heterocycles. The van der Waals surface area contributed by atoms with Crippen LogP contribution in [0.25, 0.3) is 0 Å². The Balaban J connectivity index is 2.02. The first-order chi connectivity index (χ1) is 8.41. The van der Waals surface area contributed by atoms with Crippen molar-refractivity contribution in [2.75, 3.05) is 7.05 Å². The maximum atomic E-state index is 13.0. The van der Waals surface area contributed by atoms with E-state index in [1.165, 1.54) is 4.90 Å². The molecule has 1 aliphatic rings. The minimum atomic E-state index is -2.59. The Labute approximate surface area is 103 Å². The standard InChI is InChI=1S/C11H15F2N3O2/c1-7-9(15-18-14-7)10(17)16(2)8-3-5-11(12,13)6-4-8/h8H,3-6H2,1-2H3. The van der Waals surface area contributed by atoms with Gasteiger partial charge in [0.2, 0.25) is 5.92 Å². The predicted octanol–water partition coefficient (Wildman–Crippen LogP) is 2.03. The number of nitrogens with zero attached hydrogens (tertiary/aromatic N) is 3. The Morgan fingerprint density at radius 1 is 1.39 bits per heavy atom. The van der Waals surface area contributed by atoms with Gasteiger partial charge in [-0.2, -0.15) is 0 Å². The maximum Gasteiger partial charge on any atom is 0.278 e. The van der Waals surface area contributed by atoms with Crippen LogP contribution in [0.3, 0.4) is 0 Å². The van der Waals surface area contributed by atoms with Crippen LogP contribution in [-0.2, 0) is 0 Å². The second kappa shape index (κ2) is 4.62. The molecule has 1 aromatic heterocycles. The van der Waals surface area contributed by atoms with E-state index in [0.29, 0.717) is 18.5 Å². The normalized spacial score (nSPS) is 19.8. The highest BCUT2D eigenvalue weighted by Gasteiger charge is 2.37. The Morgan fingerprint density at radius 2 is 2.00 bits per heavy atom. The monoisotopic (exact) mass is 259 g/mol. The molecule has 1 amide bonds. The van der Waals surface area contributed by atoms with Crippen molar-refractivity contribution in [1.29, 1.82) is 0 Å². The van der Waals surface area contributed by atoms with E-state index in [-0.39, 0.29) is 30.5 Å². The Kier molecular flexibility index (Phi) is 3.32. The van der Waals surface area contributed by atoms with E-state index in [0.717, 1.165) is 0 Å². The summed E-state index contributed by atoms with van der Waals surface area (Å²) < 4.78 is 30.5. The summed E-state index contributed by atoms with van der Waals surface area (Å²) in [5.41, 5.74) is 0.558. The summed E-state index contributed by atoms with van der Waals surface area (Å²) in [4.78, 5) is 13.5. The highest BCUT2D eigenvalue weighted by molar-refractivity contribution is 5.93. The number of carbonyl (C=O) groups excluding carboxylic acids is 1. The third kappa shape index (κ3) is 2.49. The number of aromatic nitrogens is 2. The topological polar surface area (TPSA) is 59.2 Å². The Bertz CT molecular complexity index is 437. The third-order valence-electron chi connectivity index (χ3n) is 3.41. The van der Waals surface area contributed by atoms with E-state index in [4.69, 9.17) is 0 Å². The quantitative estimate of drug-likeness (QED) is 0.815. The number of hydrogen-bond acceptors (Lipinski definition) is 4. The molecule has 0 atom stereocenters. The zero-order valence-corrected chi connectivity index (χ0v) is 10.3. The molecular weight excluding hydrogens is 244 g/mol. The number of hydrogen-bond donors (Lipinski definition) is 0. The van der Waals surface area contributed by atoms with Crippen LogP contribution in [0.4, 0.5) is 8.78 Å². The van der Waals surface area contributed by atoms with Crippen molar-refractivity contribution in [3.63, 3.8) is 0 Å². The van der Waals surface area contributed by atoms with Gasteiger partial charge in [0.05, 0.1) is 0 Å². The lowest BCUT2D eigenvalue weighted by Gasteiger charge is -2.34. The van der Waals surface area contributed by atoms with Crippen LogP contribution >= 0.6 is 0 Å². The lowest BCUT2D eigenvalue weighted by Crippen LogP contribution is -2.42. The van der Waals surface area contributed by atoms with Gasteiger partial charge in [-0.05, 0) is 24.9 Å². The molecule has 1 fully saturated rings. The fraction of sp³-hybridized carbons (Fsp3) is 0.727. The first kappa shape index (κ1) is 12.9. The van der Waals surface area contributed by atoms with Gasteiger partial charge in [-0.1, -0.05) is 5.16 Å². The summed E-state index contributed by atoms with van der Waals surface area (Å²) in [5.74, 6) is -2.92. The van der Waals surface area contributed by atoms with Gasteiger partial charge in [-0.3, -0.25) is 4.79 Å². The number of alkyl halides is 2. The molecule has 0 aromatic carbocycles. The molecule has 2 rings (SSSR count). The molecule has 1 aliphatic carbocycles. The first-order valence-electron chi connectivity index (χ1n) is 5.85.